The van der Waals surface area contributed by atoms with Crippen LogP contribution in [0.5, 0.6) is 0 Å². The number of ether oxygens (including phenoxy) is 1. The fourth-order valence-electron chi connectivity index (χ4n) is 6.82. The Hall–Kier alpha value is -4.96. The summed E-state index contributed by atoms with van der Waals surface area (Å²) in [7, 11) is 3.46. The Bertz CT molecular complexity index is 2120. The highest BCUT2D eigenvalue weighted by atomic mass is 16.5. The number of alkyl carbamates (subject to hydrolysis) is 1. The van der Waals surface area contributed by atoms with E-state index in [2.05, 4.69) is 93.5 Å². The van der Waals surface area contributed by atoms with Gasteiger partial charge >= 0.3 is 6.09 Å². The lowest BCUT2D eigenvalue weighted by Gasteiger charge is -2.29. The third-order valence-corrected chi connectivity index (χ3v) is 9.58. The molecule has 46 heavy (non-hydrogen) atoms. The number of rotatable bonds is 8. The third-order valence-electron chi connectivity index (χ3n) is 9.58. The second kappa shape index (κ2) is 11.8. The molecule has 236 valence electrons. The summed E-state index contributed by atoms with van der Waals surface area (Å²) in [5, 5.41) is 6.91. The molecular formula is C36H39N7O3. The van der Waals surface area contributed by atoms with Crippen molar-refractivity contribution in [1.29, 1.82) is 0 Å². The highest BCUT2D eigenvalue weighted by Crippen LogP contribution is 2.38. The number of carbonyl (C=O) groups is 2. The Labute approximate surface area is 267 Å². The number of benzene rings is 4. The number of H-pyrrole nitrogens is 2. The number of aromatic nitrogens is 4. The smallest absolute Gasteiger partial charge is 0.407 e. The molecule has 2 aromatic heterocycles. The maximum atomic E-state index is 12.8. The van der Waals surface area contributed by atoms with E-state index in [1.807, 2.05) is 13.0 Å². The van der Waals surface area contributed by atoms with Gasteiger partial charge in [0.1, 0.15) is 18.2 Å². The van der Waals surface area contributed by atoms with Crippen molar-refractivity contribution in [2.45, 2.75) is 45.2 Å². The number of hydrogen-bond acceptors (Lipinski definition) is 6. The number of methoxy groups -OCH3 is 1. The van der Waals surface area contributed by atoms with Crippen LogP contribution in [-0.4, -0.2) is 75.5 Å². The van der Waals surface area contributed by atoms with Crippen LogP contribution < -0.4 is 5.32 Å². The van der Waals surface area contributed by atoms with E-state index in [-0.39, 0.29) is 18.0 Å². The molecule has 0 saturated carbocycles. The molecule has 0 aliphatic carbocycles. The third kappa shape index (κ3) is 5.22. The molecular weight excluding hydrogens is 578 g/mol. The van der Waals surface area contributed by atoms with Gasteiger partial charge in [-0.1, -0.05) is 43.3 Å². The van der Waals surface area contributed by atoms with Crippen LogP contribution in [0.1, 0.15) is 44.8 Å². The van der Waals surface area contributed by atoms with E-state index in [0.717, 1.165) is 79.9 Å². The van der Waals surface area contributed by atoms with Crippen molar-refractivity contribution >= 4 is 55.6 Å². The maximum Gasteiger partial charge on any atom is 0.407 e. The molecule has 1 fully saturated rings. The fraction of sp³-hybridized carbons (Fsp3) is 0.333. The molecule has 6 aromatic rings. The number of nitrogens with zero attached hydrogens (tertiary/aromatic N) is 4. The second-order valence-corrected chi connectivity index (χ2v) is 12.5. The largest absolute Gasteiger partial charge is 0.453 e. The number of imidazole rings is 2. The van der Waals surface area contributed by atoms with Crippen LogP contribution in [0.3, 0.4) is 0 Å². The molecule has 0 bridgehead atoms. The van der Waals surface area contributed by atoms with E-state index < -0.39 is 6.09 Å². The first kappa shape index (κ1) is 29.7. The summed E-state index contributed by atoms with van der Waals surface area (Å²) in [5.41, 5.74) is 6.09. The van der Waals surface area contributed by atoms with Crippen molar-refractivity contribution in [1.82, 2.24) is 35.1 Å². The first-order valence-corrected chi connectivity index (χ1v) is 15.9. The molecule has 10 nitrogen and oxygen atoms in total. The molecule has 1 aliphatic heterocycles. The maximum absolute atomic E-state index is 12.8. The number of hydrogen-bond donors (Lipinski definition) is 3. The van der Waals surface area contributed by atoms with Gasteiger partial charge in [0.15, 0.2) is 0 Å². The van der Waals surface area contributed by atoms with E-state index in [4.69, 9.17) is 9.97 Å². The topological polar surface area (TPSA) is 119 Å². The number of fused-ring (bicyclic) bond motifs is 6. The molecule has 1 aliphatic rings. The second-order valence-electron chi connectivity index (χ2n) is 12.5. The summed E-state index contributed by atoms with van der Waals surface area (Å²) in [6.45, 7) is 6.13. The van der Waals surface area contributed by atoms with Crippen molar-refractivity contribution < 1.29 is 14.3 Å². The van der Waals surface area contributed by atoms with Crippen LogP contribution in [-0.2, 0) is 21.6 Å². The van der Waals surface area contributed by atoms with E-state index >= 15 is 0 Å². The molecule has 10 heteroatoms. The number of aromatic amines is 2. The number of carbonyl (C=O) groups excluding carboxylic acids is 2. The van der Waals surface area contributed by atoms with Gasteiger partial charge in [-0.15, -0.1) is 0 Å². The van der Waals surface area contributed by atoms with E-state index in [1.165, 1.54) is 13.5 Å². The zero-order chi connectivity index (χ0) is 32.0. The van der Waals surface area contributed by atoms with Crippen molar-refractivity contribution in [2.75, 3.05) is 33.8 Å². The lowest BCUT2D eigenvalue weighted by atomic mass is 9.98. The van der Waals surface area contributed by atoms with Crippen molar-refractivity contribution in [2.24, 2.45) is 0 Å². The number of nitrogens with one attached hydrogen (secondary N) is 3. The molecule has 0 spiro atoms. The van der Waals surface area contributed by atoms with Crippen LogP contribution >= 0.6 is 0 Å². The fourth-order valence-corrected chi connectivity index (χ4v) is 6.82. The monoisotopic (exact) mass is 617 g/mol. The highest BCUT2D eigenvalue weighted by Gasteiger charge is 2.38. The molecule has 7 rings (SSSR count). The number of likely N-dealkylation sites (tertiary alicyclic amines) is 1. The summed E-state index contributed by atoms with van der Waals surface area (Å²) in [4.78, 5) is 45.4. The minimum Gasteiger partial charge on any atom is -0.453 e. The van der Waals surface area contributed by atoms with Crippen LogP contribution in [0.15, 0.2) is 60.7 Å². The lowest BCUT2D eigenvalue weighted by molar-refractivity contribution is -0.130. The molecule has 1 saturated heterocycles. The first-order valence-electron chi connectivity index (χ1n) is 15.9. The minimum absolute atomic E-state index is 0.0631. The summed E-state index contributed by atoms with van der Waals surface area (Å²) < 4.78 is 4.59. The Balaban J connectivity index is 1.17. The average Bonchev–Trinajstić information content (AvgIpc) is 3.79. The Morgan fingerprint density at radius 1 is 0.957 bits per heavy atom. The van der Waals surface area contributed by atoms with Crippen molar-refractivity contribution in [3.8, 4) is 11.1 Å². The summed E-state index contributed by atoms with van der Waals surface area (Å²) in [5.74, 6) is 1.55. The van der Waals surface area contributed by atoms with Crippen LogP contribution in [0, 0.1) is 0 Å². The molecule has 2 amide bonds. The Kier molecular flexibility index (Phi) is 7.60. The predicted octanol–water partition coefficient (Wildman–Crippen LogP) is 6.45. The van der Waals surface area contributed by atoms with E-state index in [1.54, 1.807) is 4.90 Å². The van der Waals surface area contributed by atoms with Gasteiger partial charge in [-0.25, -0.2) is 14.8 Å². The highest BCUT2D eigenvalue weighted by molar-refractivity contribution is 6.07. The summed E-state index contributed by atoms with van der Waals surface area (Å²) in [6, 6.07) is 21.6. The number of amides is 2. The van der Waals surface area contributed by atoms with Gasteiger partial charge in [0.05, 0.1) is 41.3 Å². The van der Waals surface area contributed by atoms with Gasteiger partial charge in [-0.05, 0) is 85.9 Å². The SMILES string of the molecule is CCCN(Cc1nc2c(ccc3cc(-c4ccc5c(ccc6[nH]c(C7(C)CCCN7C)nc65)c4)ccc32)[nH]1)C(=O)CNC(=O)OC. The summed E-state index contributed by atoms with van der Waals surface area (Å²) in [6.07, 6.45) is 2.44. The van der Waals surface area contributed by atoms with Gasteiger partial charge in [0.2, 0.25) is 5.91 Å². The first-order chi connectivity index (χ1) is 22.3. The average molecular weight is 618 g/mol. The Morgan fingerprint density at radius 3 is 2.22 bits per heavy atom. The predicted molar refractivity (Wildman–Crippen MR) is 182 cm³/mol. The molecule has 4 aromatic carbocycles. The minimum atomic E-state index is -0.631. The quantitative estimate of drug-likeness (QED) is 0.181. The molecule has 1 unspecified atom stereocenters. The van der Waals surface area contributed by atoms with Gasteiger partial charge in [0, 0.05) is 17.3 Å². The molecule has 0 radical (unpaired) electrons. The molecule has 3 heterocycles. The summed E-state index contributed by atoms with van der Waals surface area (Å²) >= 11 is 0. The Morgan fingerprint density at radius 2 is 1.61 bits per heavy atom. The van der Waals surface area contributed by atoms with Gasteiger partial charge in [-0.3, -0.25) is 9.69 Å². The van der Waals surface area contributed by atoms with Crippen LogP contribution in [0.4, 0.5) is 4.79 Å². The van der Waals surface area contributed by atoms with Gasteiger partial charge in [-0.2, -0.15) is 0 Å². The van der Waals surface area contributed by atoms with Crippen LogP contribution in [0.2, 0.25) is 0 Å². The zero-order valence-electron chi connectivity index (χ0n) is 26.7. The van der Waals surface area contributed by atoms with Crippen molar-refractivity contribution in [3.63, 3.8) is 0 Å². The van der Waals surface area contributed by atoms with E-state index in [9.17, 15) is 9.59 Å². The van der Waals surface area contributed by atoms with Gasteiger partial charge in [0.25, 0.3) is 0 Å². The normalized spacial score (nSPS) is 17.0. The lowest BCUT2D eigenvalue weighted by Crippen LogP contribution is -2.40. The van der Waals surface area contributed by atoms with E-state index in [0.29, 0.717) is 18.9 Å². The zero-order valence-corrected chi connectivity index (χ0v) is 26.7. The standard InChI is InChI=1S/C36H39N7O3/c1-5-16-43(31(44)20-37-35(45)46-4)21-30-38-28-13-9-24-18-22(7-11-26(24)32(28)40-30)23-8-12-27-25(19-23)10-14-29-33(27)41-34(39-29)36(2)15-6-17-42(36)3/h7-14,18-19H,5-6,15-17,20-21H2,1-4H3,(H,37,45)(H,38,40)(H,39,41). The molecule has 3 N–H and O–H groups in total. The van der Waals surface area contributed by atoms with Crippen LogP contribution in [0.25, 0.3) is 54.7 Å². The molecule has 1 atom stereocenters. The van der Waals surface area contributed by atoms with Gasteiger partial charge < -0.3 is 24.9 Å². The van der Waals surface area contributed by atoms with Crippen molar-refractivity contribution in [3.05, 3.63) is 72.3 Å².